The van der Waals surface area contributed by atoms with Crippen LogP contribution >= 0.6 is 0 Å². The van der Waals surface area contributed by atoms with E-state index in [0.717, 1.165) is 24.5 Å². The van der Waals surface area contributed by atoms with Gasteiger partial charge in [0.2, 0.25) is 0 Å². The maximum absolute atomic E-state index is 5.07. The number of anilines is 1. The highest BCUT2D eigenvalue weighted by molar-refractivity contribution is 5.38. The molecule has 2 aromatic rings. The van der Waals surface area contributed by atoms with E-state index in [0.29, 0.717) is 0 Å². The largest absolute Gasteiger partial charge is 0.495 e. The Morgan fingerprint density at radius 1 is 1.17 bits per heavy atom. The second kappa shape index (κ2) is 6.05. The fraction of sp³-hybridized carbons (Fsp3) is 0.267. The highest BCUT2D eigenvalue weighted by Crippen LogP contribution is 2.12. The summed E-state index contributed by atoms with van der Waals surface area (Å²) in [6.07, 6.45) is 2.72. The van der Waals surface area contributed by atoms with Gasteiger partial charge in [0, 0.05) is 6.54 Å². The number of nitrogens with zero attached hydrogens (tertiary/aromatic N) is 1. The number of benzene rings is 1. The van der Waals surface area contributed by atoms with Crippen LogP contribution in [0.4, 0.5) is 5.82 Å². The van der Waals surface area contributed by atoms with Crippen LogP contribution in [0.1, 0.15) is 11.1 Å². The van der Waals surface area contributed by atoms with Gasteiger partial charge < -0.3 is 10.1 Å². The van der Waals surface area contributed by atoms with Gasteiger partial charge in [0.25, 0.3) is 0 Å². The van der Waals surface area contributed by atoms with Gasteiger partial charge in [-0.1, -0.05) is 24.3 Å². The quantitative estimate of drug-likeness (QED) is 0.875. The molecule has 1 aromatic heterocycles. The first kappa shape index (κ1) is 12.4. The molecule has 0 fully saturated rings. The first-order valence-corrected chi connectivity index (χ1v) is 6.08. The van der Waals surface area contributed by atoms with Gasteiger partial charge >= 0.3 is 0 Å². The molecule has 3 nitrogen and oxygen atoms in total. The lowest BCUT2D eigenvalue weighted by molar-refractivity contribution is 0.413. The Kier molecular flexibility index (Phi) is 4.18. The van der Waals surface area contributed by atoms with Crippen LogP contribution in [0.25, 0.3) is 0 Å². The smallest absolute Gasteiger partial charge is 0.137 e. The molecule has 0 bridgehead atoms. The lowest BCUT2D eigenvalue weighted by Crippen LogP contribution is -2.06. The van der Waals surface area contributed by atoms with Gasteiger partial charge in [-0.3, -0.25) is 0 Å². The van der Waals surface area contributed by atoms with Crippen LogP contribution in [0.5, 0.6) is 5.75 Å². The lowest BCUT2D eigenvalue weighted by atomic mass is 10.1. The molecule has 3 heteroatoms. The summed E-state index contributed by atoms with van der Waals surface area (Å²) in [6, 6.07) is 12.3. The lowest BCUT2D eigenvalue weighted by Gasteiger charge is -2.08. The summed E-state index contributed by atoms with van der Waals surface area (Å²) in [7, 11) is 1.64. The zero-order valence-corrected chi connectivity index (χ0v) is 10.8. The number of aryl methyl sites for hydroxylation is 1. The summed E-state index contributed by atoms with van der Waals surface area (Å²) in [5.74, 6) is 1.66. The van der Waals surface area contributed by atoms with E-state index < -0.39 is 0 Å². The molecule has 1 heterocycles. The molecule has 1 N–H and O–H groups in total. The Hall–Kier alpha value is -2.03. The molecule has 0 radical (unpaired) electrons. The van der Waals surface area contributed by atoms with Gasteiger partial charge in [-0.05, 0) is 36.6 Å². The second-order valence-electron chi connectivity index (χ2n) is 4.19. The van der Waals surface area contributed by atoms with Crippen molar-refractivity contribution in [1.82, 2.24) is 4.98 Å². The first-order chi connectivity index (χ1) is 8.79. The van der Waals surface area contributed by atoms with Gasteiger partial charge in [0.05, 0.1) is 13.3 Å². The number of hydrogen-bond acceptors (Lipinski definition) is 3. The van der Waals surface area contributed by atoms with Crippen molar-refractivity contribution in [3.63, 3.8) is 0 Å². The number of rotatable bonds is 5. The Bertz CT molecular complexity index is 494. The molecule has 2 rings (SSSR count). The standard InChI is InChI=1S/C15H18N2O/c1-12-5-3-4-6-13(12)9-10-16-15-8-7-14(18-2)11-17-15/h3-8,11H,9-10H2,1-2H3,(H,16,17). The van der Waals surface area contributed by atoms with E-state index in [1.54, 1.807) is 13.3 Å². The number of methoxy groups -OCH3 is 1. The molecule has 0 unspecified atom stereocenters. The monoisotopic (exact) mass is 242 g/mol. The molecule has 0 saturated carbocycles. The Balaban J connectivity index is 1.86. The van der Waals surface area contributed by atoms with Crippen LogP contribution in [-0.4, -0.2) is 18.6 Å². The van der Waals surface area contributed by atoms with Crippen molar-refractivity contribution in [2.24, 2.45) is 0 Å². The molecule has 0 aliphatic carbocycles. The second-order valence-corrected chi connectivity index (χ2v) is 4.19. The summed E-state index contributed by atoms with van der Waals surface area (Å²) >= 11 is 0. The topological polar surface area (TPSA) is 34.1 Å². The Labute approximate surface area is 108 Å². The van der Waals surface area contributed by atoms with E-state index in [2.05, 4.69) is 41.5 Å². The minimum absolute atomic E-state index is 0.777. The average Bonchev–Trinajstić information content (AvgIpc) is 2.42. The van der Waals surface area contributed by atoms with Crippen molar-refractivity contribution < 1.29 is 4.74 Å². The summed E-state index contributed by atoms with van der Waals surface area (Å²) < 4.78 is 5.07. The van der Waals surface area contributed by atoms with Gasteiger partial charge in [-0.2, -0.15) is 0 Å². The van der Waals surface area contributed by atoms with E-state index in [9.17, 15) is 0 Å². The molecule has 1 aromatic carbocycles. The maximum atomic E-state index is 5.07. The van der Waals surface area contributed by atoms with Crippen LogP contribution in [0.2, 0.25) is 0 Å². The third-order valence-electron chi connectivity index (χ3n) is 2.93. The van der Waals surface area contributed by atoms with Crippen LogP contribution in [0, 0.1) is 6.92 Å². The van der Waals surface area contributed by atoms with E-state index in [4.69, 9.17) is 4.74 Å². The highest BCUT2D eigenvalue weighted by atomic mass is 16.5. The van der Waals surface area contributed by atoms with Gasteiger partial charge in [-0.25, -0.2) is 4.98 Å². The molecular weight excluding hydrogens is 224 g/mol. The molecular formula is C15H18N2O. The minimum atomic E-state index is 0.777. The number of aromatic nitrogens is 1. The minimum Gasteiger partial charge on any atom is -0.495 e. The molecule has 0 spiro atoms. The summed E-state index contributed by atoms with van der Waals surface area (Å²) in [6.45, 7) is 3.02. The number of ether oxygens (including phenoxy) is 1. The van der Waals surface area contributed by atoms with Crippen LogP contribution < -0.4 is 10.1 Å². The van der Waals surface area contributed by atoms with Gasteiger partial charge in [-0.15, -0.1) is 0 Å². The molecule has 0 aliphatic rings. The number of hydrogen-bond donors (Lipinski definition) is 1. The highest BCUT2D eigenvalue weighted by Gasteiger charge is 1.98. The summed E-state index contributed by atoms with van der Waals surface area (Å²) in [5.41, 5.74) is 2.71. The van der Waals surface area contributed by atoms with E-state index in [-0.39, 0.29) is 0 Å². The third kappa shape index (κ3) is 3.23. The maximum Gasteiger partial charge on any atom is 0.137 e. The van der Waals surface area contributed by atoms with Crippen molar-refractivity contribution in [3.05, 3.63) is 53.7 Å². The number of pyridine rings is 1. The van der Waals surface area contributed by atoms with Crippen molar-refractivity contribution in [2.45, 2.75) is 13.3 Å². The molecule has 0 aliphatic heterocycles. The molecule has 0 saturated heterocycles. The average molecular weight is 242 g/mol. The van der Waals surface area contributed by atoms with Gasteiger partial charge in [0.15, 0.2) is 0 Å². The van der Waals surface area contributed by atoms with Crippen molar-refractivity contribution in [1.29, 1.82) is 0 Å². The zero-order valence-electron chi connectivity index (χ0n) is 10.8. The Morgan fingerprint density at radius 2 is 2.00 bits per heavy atom. The molecule has 18 heavy (non-hydrogen) atoms. The van der Waals surface area contributed by atoms with Gasteiger partial charge in [0.1, 0.15) is 11.6 Å². The SMILES string of the molecule is COc1ccc(NCCc2ccccc2C)nc1. The fourth-order valence-electron chi connectivity index (χ4n) is 1.82. The van der Waals surface area contributed by atoms with Crippen LogP contribution in [-0.2, 0) is 6.42 Å². The third-order valence-corrected chi connectivity index (χ3v) is 2.93. The normalized spacial score (nSPS) is 10.1. The first-order valence-electron chi connectivity index (χ1n) is 6.08. The van der Waals surface area contributed by atoms with Crippen LogP contribution in [0.15, 0.2) is 42.6 Å². The van der Waals surface area contributed by atoms with E-state index >= 15 is 0 Å². The number of nitrogens with one attached hydrogen (secondary N) is 1. The molecule has 94 valence electrons. The summed E-state index contributed by atoms with van der Waals surface area (Å²) in [4.78, 5) is 4.27. The van der Waals surface area contributed by atoms with Crippen molar-refractivity contribution in [3.8, 4) is 5.75 Å². The molecule has 0 amide bonds. The van der Waals surface area contributed by atoms with Crippen molar-refractivity contribution >= 4 is 5.82 Å². The fourth-order valence-corrected chi connectivity index (χ4v) is 1.82. The molecule has 0 atom stereocenters. The van der Waals surface area contributed by atoms with Crippen LogP contribution in [0.3, 0.4) is 0 Å². The predicted molar refractivity (Wildman–Crippen MR) is 74.2 cm³/mol. The Morgan fingerprint density at radius 3 is 2.67 bits per heavy atom. The predicted octanol–water partition coefficient (Wildman–Crippen LogP) is 3.05. The van der Waals surface area contributed by atoms with E-state index in [1.165, 1.54) is 11.1 Å². The summed E-state index contributed by atoms with van der Waals surface area (Å²) in [5, 5.41) is 3.30. The van der Waals surface area contributed by atoms with E-state index in [1.807, 2.05) is 12.1 Å². The zero-order chi connectivity index (χ0) is 12.8. The van der Waals surface area contributed by atoms with Crippen molar-refractivity contribution in [2.75, 3.05) is 19.0 Å².